The number of benzene rings is 1. The third-order valence-corrected chi connectivity index (χ3v) is 3.01. The average molecular weight is 233 g/mol. The largest absolute Gasteiger partial charge is 0.472 e. The molecule has 2 aromatic rings. The van der Waals surface area contributed by atoms with Gasteiger partial charge in [0.25, 0.3) is 0 Å². The molecule has 1 N–H and O–H groups in total. The molecule has 0 spiro atoms. The molecular weight excluding hydrogens is 217 g/mol. The van der Waals surface area contributed by atoms with E-state index in [0.717, 1.165) is 22.3 Å². The van der Waals surface area contributed by atoms with E-state index in [2.05, 4.69) is 5.32 Å². The number of aryl methyl sites for hydroxylation is 2. The number of rotatable bonds is 3. The summed E-state index contributed by atoms with van der Waals surface area (Å²) in [5.41, 5.74) is 4.05. The smallest absolute Gasteiger partial charge is 0.123 e. The molecule has 0 bridgehead atoms. The van der Waals surface area contributed by atoms with Crippen LogP contribution in [0, 0.1) is 19.7 Å². The highest BCUT2D eigenvalue weighted by atomic mass is 19.1. The van der Waals surface area contributed by atoms with Gasteiger partial charge in [0.2, 0.25) is 0 Å². The van der Waals surface area contributed by atoms with Crippen LogP contribution in [-0.4, -0.2) is 7.05 Å². The van der Waals surface area contributed by atoms with Crippen LogP contribution in [-0.2, 0) is 0 Å². The zero-order valence-corrected chi connectivity index (χ0v) is 10.3. The molecular formula is C14H16FNO. The quantitative estimate of drug-likeness (QED) is 0.879. The van der Waals surface area contributed by atoms with E-state index in [1.807, 2.05) is 27.0 Å². The molecule has 0 fully saturated rings. The van der Waals surface area contributed by atoms with Crippen LogP contribution >= 0.6 is 0 Å². The molecule has 1 atom stereocenters. The minimum absolute atomic E-state index is 0.0364. The van der Waals surface area contributed by atoms with Gasteiger partial charge in [0.05, 0.1) is 18.6 Å². The van der Waals surface area contributed by atoms with Crippen molar-refractivity contribution in [3.8, 4) is 0 Å². The predicted octanol–water partition coefficient (Wildman–Crippen LogP) is 3.34. The zero-order valence-electron chi connectivity index (χ0n) is 10.3. The molecule has 1 aromatic carbocycles. The minimum Gasteiger partial charge on any atom is -0.472 e. The lowest BCUT2D eigenvalue weighted by Gasteiger charge is -2.20. The minimum atomic E-state index is -0.189. The molecule has 0 aliphatic heterocycles. The van der Waals surface area contributed by atoms with Crippen molar-refractivity contribution in [2.24, 2.45) is 0 Å². The summed E-state index contributed by atoms with van der Waals surface area (Å²) in [6.45, 7) is 3.85. The number of nitrogens with one attached hydrogen (secondary N) is 1. The average Bonchev–Trinajstić information content (AvgIpc) is 2.76. The van der Waals surface area contributed by atoms with Gasteiger partial charge in [0.1, 0.15) is 5.82 Å². The predicted molar refractivity (Wildman–Crippen MR) is 65.5 cm³/mol. The van der Waals surface area contributed by atoms with Gasteiger partial charge >= 0.3 is 0 Å². The van der Waals surface area contributed by atoms with Crippen molar-refractivity contribution in [1.29, 1.82) is 0 Å². The van der Waals surface area contributed by atoms with Crippen LogP contribution in [0.25, 0.3) is 0 Å². The van der Waals surface area contributed by atoms with E-state index in [4.69, 9.17) is 4.42 Å². The second kappa shape index (κ2) is 4.72. The van der Waals surface area contributed by atoms with Gasteiger partial charge in [-0.3, -0.25) is 0 Å². The van der Waals surface area contributed by atoms with Gasteiger partial charge in [-0.15, -0.1) is 0 Å². The summed E-state index contributed by atoms with van der Waals surface area (Å²) in [4.78, 5) is 0. The molecule has 1 heterocycles. The van der Waals surface area contributed by atoms with Gasteiger partial charge in [-0.25, -0.2) is 4.39 Å². The molecule has 0 saturated carbocycles. The Kier molecular flexibility index (Phi) is 3.29. The molecule has 2 nitrogen and oxygen atoms in total. The highest BCUT2D eigenvalue weighted by molar-refractivity contribution is 5.41. The van der Waals surface area contributed by atoms with E-state index in [-0.39, 0.29) is 11.9 Å². The molecule has 17 heavy (non-hydrogen) atoms. The maximum atomic E-state index is 13.3. The van der Waals surface area contributed by atoms with Crippen LogP contribution < -0.4 is 5.32 Å². The third kappa shape index (κ3) is 2.24. The second-order valence-corrected chi connectivity index (χ2v) is 4.23. The Balaban J connectivity index is 2.52. The molecule has 0 amide bonds. The zero-order chi connectivity index (χ0) is 12.4. The van der Waals surface area contributed by atoms with Gasteiger partial charge in [-0.2, -0.15) is 0 Å². The van der Waals surface area contributed by atoms with Crippen molar-refractivity contribution < 1.29 is 8.81 Å². The van der Waals surface area contributed by atoms with Crippen LogP contribution in [0.15, 0.2) is 35.1 Å². The highest BCUT2D eigenvalue weighted by Gasteiger charge is 2.18. The van der Waals surface area contributed by atoms with Crippen molar-refractivity contribution in [3.63, 3.8) is 0 Å². The van der Waals surface area contributed by atoms with Crippen LogP contribution in [0.5, 0.6) is 0 Å². The topological polar surface area (TPSA) is 25.2 Å². The summed E-state index contributed by atoms with van der Waals surface area (Å²) >= 11 is 0. The second-order valence-electron chi connectivity index (χ2n) is 4.23. The summed E-state index contributed by atoms with van der Waals surface area (Å²) < 4.78 is 18.4. The molecule has 3 heteroatoms. The monoisotopic (exact) mass is 233 g/mol. The number of hydrogen-bond acceptors (Lipinski definition) is 2. The fraction of sp³-hybridized carbons (Fsp3) is 0.286. The van der Waals surface area contributed by atoms with Gasteiger partial charge in [0, 0.05) is 5.56 Å². The number of furan rings is 1. The van der Waals surface area contributed by atoms with Crippen molar-refractivity contribution in [2.75, 3.05) is 7.05 Å². The Morgan fingerprint density at radius 1 is 1.24 bits per heavy atom. The van der Waals surface area contributed by atoms with Crippen molar-refractivity contribution >= 4 is 0 Å². The Labute approximate surface area is 100 Å². The first-order chi connectivity index (χ1) is 8.13. The van der Waals surface area contributed by atoms with Gasteiger partial charge < -0.3 is 9.73 Å². The Hall–Kier alpha value is -1.61. The van der Waals surface area contributed by atoms with E-state index in [1.165, 1.54) is 0 Å². The lowest BCUT2D eigenvalue weighted by Crippen LogP contribution is -2.19. The third-order valence-electron chi connectivity index (χ3n) is 3.01. The van der Waals surface area contributed by atoms with Crippen LogP contribution in [0.1, 0.15) is 28.3 Å². The standard InChI is InChI=1S/C14H16FNO/c1-9-6-12(15)7-10(2)13(9)14(16-3)11-4-5-17-8-11/h4-8,14,16H,1-3H3. The molecule has 0 saturated heterocycles. The van der Waals surface area contributed by atoms with E-state index in [1.54, 1.807) is 24.7 Å². The molecule has 0 aliphatic rings. The highest BCUT2D eigenvalue weighted by Crippen LogP contribution is 2.28. The van der Waals surface area contributed by atoms with E-state index in [0.29, 0.717) is 0 Å². The first-order valence-electron chi connectivity index (χ1n) is 5.59. The Morgan fingerprint density at radius 3 is 2.35 bits per heavy atom. The summed E-state index contributed by atoms with van der Waals surface area (Å²) in [5.74, 6) is -0.189. The molecule has 0 radical (unpaired) electrons. The number of halogens is 1. The SMILES string of the molecule is CNC(c1ccoc1)c1c(C)cc(F)cc1C. The van der Waals surface area contributed by atoms with E-state index < -0.39 is 0 Å². The van der Waals surface area contributed by atoms with Gasteiger partial charge in [-0.1, -0.05) is 0 Å². The van der Waals surface area contributed by atoms with E-state index in [9.17, 15) is 4.39 Å². The van der Waals surface area contributed by atoms with Gasteiger partial charge in [-0.05, 0) is 55.8 Å². The van der Waals surface area contributed by atoms with E-state index >= 15 is 0 Å². The molecule has 2 rings (SSSR count). The summed E-state index contributed by atoms with van der Waals surface area (Å²) in [6.07, 6.45) is 3.36. The fourth-order valence-corrected chi connectivity index (χ4v) is 2.29. The first-order valence-corrected chi connectivity index (χ1v) is 5.59. The molecule has 90 valence electrons. The fourth-order valence-electron chi connectivity index (χ4n) is 2.29. The lowest BCUT2D eigenvalue weighted by molar-refractivity contribution is 0.556. The molecule has 0 aliphatic carbocycles. The summed E-state index contributed by atoms with van der Waals surface area (Å²) in [5, 5.41) is 3.24. The van der Waals surface area contributed by atoms with Gasteiger partial charge in [0.15, 0.2) is 0 Å². The normalized spacial score (nSPS) is 12.7. The van der Waals surface area contributed by atoms with Crippen LogP contribution in [0.4, 0.5) is 4.39 Å². The Morgan fingerprint density at radius 2 is 1.88 bits per heavy atom. The van der Waals surface area contributed by atoms with Crippen molar-refractivity contribution in [3.05, 3.63) is 58.8 Å². The molecule has 1 aromatic heterocycles. The van der Waals surface area contributed by atoms with Crippen LogP contribution in [0.2, 0.25) is 0 Å². The first kappa shape index (κ1) is 11.9. The van der Waals surface area contributed by atoms with Crippen LogP contribution in [0.3, 0.4) is 0 Å². The maximum absolute atomic E-state index is 13.3. The maximum Gasteiger partial charge on any atom is 0.123 e. The number of hydrogen-bond donors (Lipinski definition) is 1. The lowest BCUT2D eigenvalue weighted by atomic mass is 9.92. The Bertz CT molecular complexity index is 482. The van der Waals surface area contributed by atoms with Crippen molar-refractivity contribution in [1.82, 2.24) is 5.32 Å². The molecule has 1 unspecified atom stereocenters. The summed E-state index contributed by atoms with van der Waals surface area (Å²) in [6, 6.07) is 5.08. The summed E-state index contributed by atoms with van der Waals surface area (Å²) in [7, 11) is 1.89. The van der Waals surface area contributed by atoms with Crippen molar-refractivity contribution in [2.45, 2.75) is 19.9 Å².